The number of rotatable bonds is 10. The summed E-state index contributed by atoms with van der Waals surface area (Å²) in [6, 6.07) is 32.6. The highest BCUT2D eigenvalue weighted by Gasteiger charge is 2.12. The number of aromatic nitrogens is 1. The predicted octanol–water partition coefficient (Wildman–Crippen LogP) is 8.20. The molecule has 0 spiro atoms. The molecule has 39 heavy (non-hydrogen) atoms. The molecule has 0 atom stereocenters. The number of hydrogen-bond acceptors (Lipinski definition) is 4. The topological polar surface area (TPSA) is 27.0 Å². The summed E-state index contributed by atoms with van der Waals surface area (Å²) >= 11 is 0. The van der Waals surface area contributed by atoms with Gasteiger partial charge in [-0.3, -0.25) is 0 Å². The van der Waals surface area contributed by atoms with Crippen LogP contribution in [0.25, 0.3) is 21.8 Å². The van der Waals surface area contributed by atoms with Gasteiger partial charge in [0.25, 0.3) is 0 Å². The molecule has 0 saturated heterocycles. The monoisotopic (exact) mass is 517 g/mol. The van der Waals surface area contributed by atoms with Crippen molar-refractivity contribution in [3.05, 3.63) is 96.6 Å². The van der Waals surface area contributed by atoms with Crippen LogP contribution in [0, 0.1) is 0 Å². The minimum atomic E-state index is 0.987. The number of fused-ring (bicyclic) bond motifs is 3. The van der Waals surface area contributed by atoms with E-state index in [9.17, 15) is 0 Å². The van der Waals surface area contributed by atoms with E-state index in [0.29, 0.717) is 0 Å². The molecule has 5 nitrogen and oxygen atoms in total. The van der Waals surface area contributed by atoms with Gasteiger partial charge in [0, 0.05) is 66.4 Å². The molecule has 0 aliphatic heterocycles. The molecule has 1 heterocycles. The average molecular weight is 518 g/mol. The van der Waals surface area contributed by atoms with Crippen LogP contribution in [0.4, 0.5) is 22.7 Å². The number of benzene rings is 4. The number of para-hydroxylation sites is 1. The summed E-state index contributed by atoms with van der Waals surface area (Å²) in [5.41, 5.74) is 8.06. The van der Waals surface area contributed by atoms with Crippen molar-refractivity contribution >= 4 is 50.8 Å². The van der Waals surface area contributed by atoms with Crippen molar-refractivity contribution < 1.29 is 0 Å². The van der Waals surface area contributed by atoms with E-state index in [1.54, 1.807) is 0 Å². The fraction of sp³-hybridized carbons (Fsp3) is 0.265. The molecule has 0 N–H and O–H groups in total. The van der Waals surface area contributed by atoms with E-state index in [4.69, 9.17) is 5.10 Å². The largest absolute Gasteiger partial charge is 0.372 e. The third kappa shape index (κ3) is 5.22. The van der Waals surface area contributed by atoms with Gasteiger partial charge in [0.1, 0.15) is 0 Å². The van der Waals surface area contributed by atoms with Gasteiger partial charge in [0.15, 0.2) is 0 Å². The molecule has 0 saturated carbocycles. The highest BCUT2D eigenvalue weighted by atomic mass is 15.5. The fourth-order valence-corrected chi connectivity index (χ4v) is 5.46. The first-order valence-corrected chi connectivity index (χ1v) is 14.1. The van der Waals surface area contributed by atoms with Crippen LogP contribution in [0.2, 0.25) is 0 Å². The predicted molar refractivity (Wildman–Crippen MR) is 170 cm³/mol. The molecule has 0 bridgehead atoms. The second-order valence-corrected chi connectivity index (χ2v) is 9.79. The maximum absolute atomic E-state index is 5.03. The van der Waals surface area contributed by atoms with Gasteiger partial charge in [-0.15, -0.1) is 0 Å². The van der Waals surface area contributed by atoms with Crippen molar-refractivity contribution in [1.29, 1.82) is 0 Å². The second-order valence-electron chi connectivity index (χ2n) is 9.79. The molecule has 200 valence electrons. The van der Waals surface area contributed by atoms with E-state index >= 15 is 0 Å². The van der Waals surface area contributed by atoms with Crippen molar-refractivity contribution in [3.8, 4) is 0 Å². The molecular formula is C34H39N5. The first-order chi connectivity index (χ1) is 19.1. The summed E-state index contributed by atoms with van der Waals surface area (Å²) < 4.78 is 2.26. The Hall–Kier alpha value is -4.25. The Balaban J connectivity index is 1.53. The molecule has 5 heteroatoms. The van der Waals surface area contributed by atoms with Crippen LogP contribution in [0.15, 0.2) is 96.1 Å². The third-order valence-corrected chi connectivity index (χ3v) is 7.71. The summed E-state index contributed by atoms with van der Waals surface area (Å²) in [5.74, 6) is 0. The molecule has 5 aromatic rings. The molecule has 0 aliphatic rings. The highest BCUT2D eigenvalue weighted by Crippen LogP contribution is 2.31. The molecule has 0 unspecified atom stereocenters. The highest BCUT2D eigenvalue weighted by molar-refractivity contribution is 6.09. The van der Waals surface area contributed by atoms with Crippen LogP contribution in [0.5, 0.6) is 0 Å². The summed E-state index contributed by atoms with van der Waals surface area (Å²) in [5, 5.41) is 9.58. The summed E-state index contributed by atoms with van der Waals surface area (Å²) in [7, 11) is 2.13. The quantitative estimate of drug-likeness (QED) is 0.138. The van der Waals surface area contributed by atoms with E-state index in [1.807, 2.05) is 11.2 Å². The molecule has 1 aromatic heterocycles. The van der Waals surface area contributed by atoms with Crippen LogP contribution in [0.3, 0.4) is 0 Å². The van der Waals surface area contributed by atoms with E-state index in [0.717, 1.165) is 43.1 Å². The van der Waals surface area contributed by atoms with Gasteiger partial charge in [0.2, 0.25) is 0 Å². The molecule has 5 rings (SSSR count). The standard InChI is InChI=1S/C34H39N5/c1-6-37(7-2)27-15-19-29(20-16-27)39(30-21-17-28(18-22-30)38(8-3)9-4)35-25-26-14-23-34-32(24-26)31-12-10-11-13-33(31)36(34)5/h10-25H,6-9H2,1-5H3/b35-25+. The van der Waals surface area contributed by atoms with Crippen LogP contribution in [-0.4, -0.2) is 37.0 Å². The van der Waals surface area contributed by atoms with Gasteiger partial charge in [-0.25, -0.2) is 5.01 Å². The molecule has 4 aromatic carbocycles. The average Bonchev–Trinajstić information content (AvgIpc) is 3.27. The van der Waals surface area contributed by atoms with Crippen LogP contribution < -0.4 is 14.8 Å². The van der Waals surface area contributed by atoms with Crippen LogP contribution in [0.1, 0.15) is 33.3 Å². The minimum absolute atomic E-state index is 0.987. The molecule has 0 radical (unpaired) electrons. The number of hydrogen-bond donors (Lipinski definition) is 0. The first kappa shape index (κ1) is 26.4. The Morgan fingerprint density at radius 1 is 0.590 bits per heavy atom. The fourth-order valence-electron chi connectivity index (χ4n) is 5.46. The van der Waals surface area contributed by atoms with Gasteiger partial charge < -0.3 is 14.4 Å². The Morgan fingerprint density at radius 3 is 1.62 bits per heavy atom. The zero-order chi connectivity index (χ0) is 27.4. The van der Waals surface area contributed by atoms with E-state index < -0.39 is 0 Å². The number of aryl methyl sites for hydroxylation is 1. The number of nitrogens with zero attached hydrogens (tertiary/aromatic N) is 5. The van der Waals surface area contributed by atoms with Crippen molar-refractivity contribution in [2.24, 2.45) is 12.1 Å². The summed E-state index contributed by atoms with van der Waals surface area (Å²) in [6.07, 6.45) is 1.97. The van der Waals surface area contributed by atoms with Gasteiger partial charge in [-0.1, -0.05) is 24.3 Å². The van der Waals surface area contributed by atoms with Crippen LogP contribution >= 0.6 is 0 Å². The molecule has 0 fully saturated rings. The maximum atomic E-state index is 5.03. The van der Waals surface area contributed by atoms with Gasteiger partial charge in [-0.2, -0.15) is 5.10 Å². The lowest BCUT2D eigenvalue weighted by Gasteiger charge is -2.25. The van der Waals surface area contributed by atoms with Crippen LogP contribution in [-0.2, 0) is 7.05 Å². The van der Waals surface area contributed by atoms with Gasteiger partial charge in [0.05, 0.1) is 17.6 Å². The van der Waals surface area contributed by atoms with E-state index in [-0.39, 0.29) is 0 Å². The summed E-state index contributed by atoms with van der Waals surface area (Å²) in [4.78, 5) is 4.71. The zero-order valence-corrected chi connectivity index (χ0v) is 23.8. The zero-order valence-electron chi connectivity index (χ0n) is 23.8. The normalized spacial score (nSPS) is 11.5. The lowest BCUT2D eigenvalue weighted by atomic mass is 10.1. The van der Waals surface area contributed by atoms with E-state index in [2.05, 4.69) is 140 Å². The minimum Gasteiger partial charge on any atom is -0.372 e. The first-order valence-electron chi connectivity index (χ1n) is 14.1. The Labute approximate surface area is 232 Å². The maximum Gasteiger partial charge on any atom is 0.0654 e. The van der Waals surface area contributed by atoms with Gasteiger partial charge >= 0.3 is 0 Å². The Morgan fingerprint density at radius 2 is 1.08 bits per heavy atom. The molecular weight excluding hydrogens is 478 g/mol. The SMILES string of the molecule is CCN(CC)c1ccc(N(/N=C/c2ccc3c(c2)c2ccccc2n3C)c2ccc(N(CC)CC)cc2)cc1. The number of hydrazone groups is 1. The van der Waals surface area contributed by atoms with Crippen molar-refractivity contribution in [2.45, 2.75) is 27.7 Å². The van der Waals surface area contributed by atoms with E-state index in [1.165, 1.54) is 33.2 Å². The lowest BCUT2D eigenvalue weighted by molar-refractivity contribution is 0.865. The lowest BCUT2D eigenvalue weighted by Crippen LogP contribution is -2.22. The Kier molecular flexibility index (Phi) is 7.87. The van der Waals surface area contributed by atoms with Crippen molar-refractivity contribution in [1.82, 2.24) is 4.57 Å². The van der Waals surface area contributed by atoms with Crippen molar-refractivity contribution in [2.75, 3.05) is 41.0 Å². The number of anilines is 4. The smallest absolute Gasteiger partial charge is 0.0654 e. The summed E-state index contributed by atoms with van der Waals surface area (Å²) in [6.45, 7) is 12.7. The van der Waals surface area contributed by atoms with Gasteiger partial charge in [-0.05, 0) is 100.0 Å². The molecule has 0 aliphatic carbocycles. The second kappa shape index (κ2) is 11.6. The third-order valence-electron chi connectivity index (χ3n) is 7.71. The van der Waals surface area contributed by atoms with Crippen molar-refractivity contribution in [3.63, 3.8) is 0 Å². The molecule has 0 amide bonds. The Bertz CT molecular complexity index is 1500.